The van der Waals surface area contributed by atoms with Crippen molar-refractivity contribution in [1.29, 1.82) is 0 Å². The molecule has 9 rings (SSSR count). The van der Waals surface area contributed by atoms with Crippen LogP contribution in [0.5, 0.6) is 0 Å². The Kier molecular flexibility index (Phi) is 9.79. The Morgan fingerprint density at radius 1 is 0.276 bits per heavy atom. The molecule has 0 radical (unpaired) electrons. The minimum absolute atomic E-state index is 0.169. The van der Waals surface area contributed by atoms with Crippen LogP contribution in [0, 0.1) is 0 Å². The summed E-state index contributed by atoms with van der Waals surface area (Å²) in [7, 11) is 0. The Bertz CT molecular complexity index is 2570. The van der Waals surface area contributed by atoms with Gasteiger partial charge in [-0.25, -0.2) is 0 Å². The largest absolute Gasteiger partial charge is 0.311 e. The fourth-order valence-electron chi connectivity index (χ4n) is 8.66. The topological polar surface area (TPSA) is 6.48 Å². The predicted octanol–water partition coefficient (Wildman–Crippen LogP) is 16.0. The lowest BCUT2D eigenvalue weighted by Crippen LogP contribution is -2.33. The van der Waals surface area contributed by atoms with Gasteiger partial charge in [0.1, 0.15) is 0 Å². The van der Waals surface area contributed by atoms with Crippen molar-refractivity contribution in [3.63, 3.8) is 0 Å². The van der Waals surface area contributed by atoms with Crippen molar-refractivity contribution in [2.75, 3.05) is 9.80 Å². The lowest BCUT2D eigenvalue weighted by atomic mass is 9.63. The monoisotopic (exact) mass is 750 g/mol. The molecule has 8 aromatic carbocycles. The number of rotatable bonds is 9. The molecule has 284 valence electrons. The highest BCUT2D eigenvalue weighted by atomic mass is 15.1. The predicted molar refractivity (Wildman–Crippen MR) is 247 cm³/mol. The van der Waals surface area contributed by atoms with E-state index in [0.717, 1.165) is 34.1 Å². The number of hydrogen-bond acceptors (Lipinski definition) is 2. The van der Waals surface area contributed by atoms with Crippen LogP contribution in [0.4, 0.5) is 34.1 Å². The van der Waals surface area contributed by atoms with E-state index in [9.17, 15) is 0 Å². The van der Waals surface area contributed by atoms with E-state index in [0.29, 0.717) is 0 Å². The van der Waals surface area contributed by atoms with Crippen LogP contribution in [0.1, 0.15) is 51.7 Å². The van der Waals surface area contributed by atoms with Gasteiger partial charge in [-0.05, 0) is 141 Å². The molecule has 2 nitrogen and oxygen atoms in total. The molecular weight excluding hydrogens is 701 g/mol. The first-order valence-electron chi connectivity index (χ1n) is 20.6. The molecule has 1 aliphatic carbocycles. The maximum atomic E-state index is 2.46. The summed E-state index contributed by atoms with van der Waals surface area (Å²) in [6, 6.07) is 74.8. The molecule has 0 amide bonds. The molecule has 2 heteroatoms. The van der Waals surface area contributed by atoms with Gasteiger partial charge in [0, 0.05) is 34.1 Å². The van der Waals surface area contributed by atoms with Gasteiger partial charge in [0.05, 0.1) is 0 Å². The number of para-hydroxylation sites is 2. The molecular formula is C56H50N2. The molecule has 0 aromatic heterocycles. The van der Waals surface area contributed by atoms with Gasteiger partial charge in [0.15, 0.2) is 0 Å². The number of benzene rings is 8. The Morgan fingerprint density at radius 3 is 0.931 bits per heavy atom. The van der Waals surface area contributed by atoms with Gasteiger partial charge in [-0.2, -0.15) is 0 Å². The van der Waals surface area contributed by atoms with Crippen molar-refractivity contribution in [1.82, 2.24) is 0 Å². The van der Waals surface area contributed by atoms with Crippen molar-refractivity contribution in [2.24, 2.45) is 0 Å². The summed E-state index contributed by atoms with van der Waals surface area (Å²) >= 11 is 0. The molecule has 0 heterocycles. The van der Waals surface area contributed by atoms with Crippen LogP contribution in [0.3, 0.4) is 0 Å². The number of nitrogens with zero attached hydrogens (tertiary/aromatic N) is 2. The molecule has 0 bridgehead atoms. The molecule has 0 saturated carbocycles. The Balaban J connectivity index is 1.04. The molecule has 0 unspecified atom stereocenters. The van der Waals surface area contributed by atoms with Crippen molar-refractivity contribution in [3.8, 4) is 33.4 Å². The molecule has 58 heavy (non-hydrogen) atoms. The molecule has 0 spiro atoms. The van der Waals surface area contributed by atoms with Gasteiger partial charge in [0.2, 0.25) is 0 Å². The normalized spacial score (nSPS) is 14.0. The zero-order chi connectivity index (χ0) is 39.7. The summed E-state index contributed by atoms with van der Waals surface area (Å²) in [6.07, 6.45) is 2.43. The molecule has 0 saturated heterocycles. The van der Waals surface area contributed by atoms with E-state index in [2.05, 4.69) is 244 Å². The minimum atomic E-state index is 0.169. The number of fused-ring (bicyclic) bond motifs is 1. The second-order valence-electron chi connectivity index (χ2n) is 16.9. The van der Waals surface area contributed by atoms with E-state index >= 15 is 0 Å². The summed E-state index contributed by atoms with van der Waals surface area (Å²) in [4.78, 5) is 4.66. The average molecular weight is 751 g/mol. The Labute approximate surface area is 344 Å². The smallest absolute Gasteiger partial charge is 0.0462 e. The quantitative estimate of drug-likeness (QED) is 0.145. The number of anilines is 6. The van der Waals surface area contributed by atoms with Crippen LogP contribution in [0.15, 0.2) is 206 Å². The Morgan fingerprint density at radius 2 is 0.552 bits per heavy atom. The highest BCUT2D eigenvalue weighted by Crippen LogP contribution is 2.47. The second kappa shape index (κ2) is 15.4. The molecule has 0 aliphatic heterocycles. The van der Waals surface area contributed by atoms with E-state index in [1.165, 1.54) is 57.3 Å². The second-order valence-corrected chi connectivity index (χ2v) is 16.9. The fraction of sp³-hybridized carbons (Fsp3) is 0.143. The van der Waals surface area contributed by atoms with Crippen LogP contribution >= 0.6 is 0 Å². The van der Waals surface area contributed by atoms with Gasteiger partial charge >= 0.3 is 0 Å². The lowest BCUT2D eigenvalue weighted by Gasteiger charge is -2.42. The van der Waals surface area contributed by atoms with E-state index in [-0.39, 0.29) is 10.8 Å². The van der Waals surface area contributed by atoms with E-state index in [4.69, 9.17) is 0 Å². The SMILES string of the molecule is CC1(C)CCC(C)(C)c2cc(-c3ccc(N(c4ccc(-c5ccccc5)cc4)c4ccc(-c5ccc(N(c6ccccc6)c6ccccc6)cc5)cc4)cc3)ccc21. The van der Waals surface area contributed by atoms with Crippen molar-refractivity contribution >= 4 is 34.1 Å². The van der Waals surface area contributed by atoms with Crippen LogP contribution in [-0.4, -0.2) is 0 Å². The van der Waals surface area contributed by atoms with Crippen LogP contribution in [-0.2, 0) is 10.8 Å². The van der Waals surface area contributed by atoms with E-state index in [1.54, 1.807) is 0 Å². The summed E-state index contributed by atoms with van der Waals surface area (Å²) in [5, 5.41) is 0. The zero-order valence-electron chi connectivity index (χ0n) is 33.9. The molecule has 0 atom stereocenters. The third kappa shape index (κ3) is 7.35. The first-order valence-corrected chi connectivity index (χ1v) is 20.6. The molecule has 0 fully saturated rings. The third-order valence-corrected chi connectivity index (χ3v) is 12.2. The van der Waals surface area contributed by atoms with Crippen molar-refractivity contribution in [3.05, 3.63) is 217 Å². The lowest BCUT2D eigenvalue weighted by molar-refractivity contribution is 0.332. The first-order chi connectivity index (χ1) is 28.2. The van der Waals surface area contributed by atoms with Gasteiger partial charge < -0.3 is 9.80 Å². The maximum absolute atomic E-state index is 2.46. The van der Waals surface area contributed by atoms with Crippen LogP contribution in [0.25, 0.3) is 33.4 Å². The average Bonchev–Trinajstić information content (AvgIpc) is 3.27. The third-order valence-electron chi connectivity index (χ3n) is 12.2. The zero-order valence-corrected chi connectivity index (χ0v) is 33.9. The van der Waals surface area contributed by atoms with Gasteiger partial charge in [-0.15, -0.1) is 0 Å². The highest BCUT2D eigenvalue weighted by Gasteiger charge is 2.37. The summed E-state index contributed by atoms with van der Waals surface area (Å²) in [6.45, 7) is 9.60. The van der Waals surface area contributed by atoms with Crippen LogP contribution < -0.4 is 9.80 Å². The van der Waals surface area contributed by atoms with Gasteiger partial charge in [-0.3, -0.25) is 0 Å². The van der Waals surface area contributed by atoms with Crippen molar-refractivity contribution < 1.29 is 0 Å². The molecule has 8 aromatic rings. The van der Waals surface area contributed by atoms with E-state index in [1.807, 2.05) is 0 Å². The van der Waals surface area contributed by atoms with Crippen LogP contribution in [0.2, 0.25) is 0 Å². The Hall–Kier alpha value is -6.64. The summed E-state index contributed by atoms with van der Waals surface area (Å²) < 4.78 is 0. The molecule has 0 N–H and O–H groups in total. The standard InChI is InChI=1S/C56H50N2/c1-55(2)38-39-56(3,4)54-40-46(28-37-53(54)55)45-26-35-52(36-27-45)58(50-29-20-42(21-30-50)41-14-8-5-9-15-41)51-33-24-44(25-34-51)43-22-31-49(32-23-43)57(47-16-10-6-11-17-47)48-18-12-7-13-19-48/h5-37,40H,38-39H2,1-4H3. The minimum Gasteiger partial charge on any atom is -0.311 e. The number of hydrogen-bond donors (Lipinski definition) is 0. The van der Waals surface area contributed by atoms with Crippen molar-refractivity contribution in [2.45, 2.75) is 51.4 Å². The summed E-state index contributed by atoms with van der Waals surface area (Å²) in [5.74, 6) is 0. The van der Waals surface area contributed by atoms with E-state index < -0.39 is 0 Å². The van der Waals surface area contributed by atoms with Gasteiger partial charge in [-0.1, -0.05) is 161 Å². The highest BCUT2D eigenvalue weighted by molar-refractivity contribution is 5.82. The maximum Gasteiger partial charge on any atom is 0.0462 e. The van der Waals surface area contributed by atoms with Gasteiger partial charge in [0.25, 0.3) is 0 Å². The first kappa shape index (κ1) is 37.0. The fourth-order valence-corrected chi connectivity index (χ4v) is 8.66. The summed E-state index contributed by atoms with van der Waals surface area (Å²) in [5.41, 5.74) is 17.4. The molecule has 1 aliphatic rings.